The van der Waals surface area contributed by atoms with Crippen LogP contribution in [0.25, 0.3) is 10.2 Å². The van der Waals surface area contributed by atoms with Crippen LogP contribution in [0, 0.1) is 0 Å². The number of thiophene rings is 1. The van der Waals surface area contributed by atoms with Crippen molar-refractivity contribution >= 4 is 39.2 Å². The molecule has 1 aliphatic carbocycles. The molecule has 130 valence electrons. The average Bonchev–Trinajstić information content (AvgIpc) is 3.10. The first-order valence-electron chi connectivity index (χ1n) is 8.37. The van der Waals surface area contributed by atoms with Crippen molar-refractivity contribution in [3.63, 3.8) is 0 Å². The van der Waals surface area contributed by atoms with E-state index < -0.39 is 0 Å². The highest BCUT2D eigenvalue weighted by molar-refractivity contribution is 8.00. The van der Waals surface area contributed by atoms with Gasteiger partial charge in [0.05, 0.1) is 10.6 Å². The van der Waals surface area contributed by atoms with Crippen LogP contribution in [0.5, 0.6) is 0 Å². The number of aromatic nitrogens is 2. The lowest BCUT2D eigenvalue weighted by Crippen LogP contribution is -2.31. The van der Waals surface area contributed by atoms with Crippen molar-refractivity contribution in [2.24, 2.45) is 0 Å². The zero-order chi connectivity index (χ0) is 17.4. The number of hydrogen-bond donors (Lipinski definition) is 0. The van der Waals surface area contributed by atoms with E-state index in [-0.39, 0.29) is 16.7 Å². The third-order valence-electron chi connectivity index (χ3n) is 4.31. The van der Waals surface area contributed by atoms with Crippen molar-refractivity contribution in [1.82, 2.24) is 14.5 Å². The van der Waals surface area contributed by atoms with E-state index in [1.165, 1.54) is 22.2 Å². The van der Waals surface area contributed by atoms with Gasteiger partial charge >= 0.3 is 0 Å². The number of amides is 1. The Labute approximate surface area is 150 Å². The van der Waals surface area contributed by atoms with E-state index in [0.717, 1.165) is 35.9 Å². The summed E-state index contributed by atoms with van der Waals surface area (Å²) in [6.45, 7) is 4.56. The highest BCUT2D eigenvalue weighted by Gasteiger charge is 2.25. The molecule has 0 spiro atoms. The predicted octanol–water partition coefficient (Wildman–Crippen LogP) is 2.93. The van der Waals surface area contributed by atoms with E-state index in [4.69, 9.17) is 4.98 Å². The predicted molar refractivity (Wildman–Crippen MR) is 100 cm³/mol. The number of carbonyl (C=O) groups is 1. The molecule has 5 nitrogen and oxygen atoms in total. The van der Waals surface area contributed by atoms with E-state index in [1.54, 1.807) is 34.9 Å². The van der Waals surface area contributed by atoms with Crippen molar-refractivity contribution < 1.29 is 4.79 Å². The fraction of sp³-hybridized carbons (Fsp3) is 0.588. The lowest BCUT2D eigenvalue weighted by molar-refractivity contribution is -0.127. The Balaban J connectivity index is 2.08. The maximum Gasteiger partial charge on any atom is 0.263 e. The highest BCUT2D eigenvalue weighted by atomic mass is 32.2. The van der Waals surface area contributed by atoms with Gasteiger partial charge in [0.2, 0.25) is 5.91 Å². The van der Waals surface area contributed by atoms with Gasteiger partial charge in [-0.05, 0) is 38.2 Å². The second kappa shape index (κ2) is 6.88. The molecule has 2 aromatic rings. The maximum atomic E-state index is 13.1. The summed E-state index contributed by atoms with van der Waals surface area (Å²) in [5.41, 5.74) is 1.28. The van der Waals surface area contributed by atoms with Gasteiger partial charge in [-0.2, -0.15) is 0 Å². The zero-order valence-corrected chi connectivity index (χ0v) is 16.2. The smallest absolute Gasteiger partial charge is 0.263 e. The van der Waals surface area contributed by atoms with Crippen LogP contribution in [-0.2, 0) is 24.2 Å². The normalized spacial score (nSPS) is 14.8. The highest BCUT2D eigenvalue weighted by Crippen LogP contribution is 2.36. The second-order valence-electron chi connectivity index (χ2n) is 6.38. The zero-order valence-electron chi connectivity index (χ0n) is 14.6. The van der Waals surface area contributed by atoms with Crippen LogP contribution in [0.4, 0.5) is 0 Å². The van der Waals surface area contributed by atoms with E-state index in [1.807, 2.05) is 6.92 Å². The molecule has 24 heavy (non-hydrogen) atoms. The summed E-state index contributed by atoms with van der Waals surface area (Å²) in [5, 5.41) is 1.22. The van der Waals surface area contributed by atoms with E-state index in [9.17, 15) is 9.59 Å². The molecule has 3 rings (SSSR count). The standard InChI is InChI=1S/C17H23N3O2S2/c1-5-9-20-16(22)13-11-7-6-8-12(11)24-14(13)18-17(20)23-10(2)15(21)19(3)4/h10H,5-9H2,1-4H3/t10-/m0/s1. The van der Waals surface area contributed by atoms with Crippen LogP contribution in [0.15, 0.2) is 9.95 Å². The first-order chi connectivity index (χ1) is 11.4. The molecule has 0 unspecified atom stereocenters. The molecule has 2 aromatic heterocycles. The van der Waals surface area contributed by atoms with Gasteiger partial charge in [0, 0.05) is 25.5 Å². The second-order valence-corrected chi connectivity index (χ2v) is 8.77. The molecule has 2 heterocycles. The summed E-state index contributed by atoms with van der Waals surface area (Å²) < 4.78 is 1.76. The molecule has 0 saturated heterocycles. The molecule has 0 saturated carbocycles. The van der Waals surface area contributed by atoms with Crippen LogP contribution >= 0.6 is 23.1 Å². The first-order valence-corrected chi connectivity index (χ1v) is 10.1. The van der Waals surface area contributed by atoms with Crippen LogP contribution in [0.2, 0.25) is 0 Å². The SMILES string of the molecule is CCCn1c(S[C@@H](C)C(=O)N(C)C)nc2sc3c(c2c1=O)CCC3. The average molecular weight is 366 g/mol. The molecule has 1 aliphatic rings. The van der Waals surface area contributed by atoms with Gasteiger partial charge in [-0.25, -0.2) is 4.98 Å². The summed E-state index contributed by atoms with van der Waals surface area (Å²) in [6.07, 6.45) is 4.04. The Morgan fingerprint density at radius 3 is 2.83 bits per heavy atom. The molecule has 0 aliphatic heterocycles. The number of carbonyl (C=O) groups excluding carboxylic acids is 1. The Kier molecular flexibility index (Phi) is 5.01. The third-order valence-corrected chi connectivity index (χ3v) is 6.57. The lowest BCUT2D eigenvalue weighted by atomic mass is 10.2. The topological polar surface area (TPSA) is 55.2 Å². The Bertz CT molecular complexity index is 838. The van der Waals surface area contributed by atoms with E-state index >= 15 is 0 Å². The largest absolute Gasteiger partial charge is 0.348 e. The minimum absolute atomic E-state index is 0.0334. The fourth-order valence-electron chi connectivity index (χ4n) is 3.14. The number of aryl methyl sites for hydroxylation is 2. The molecular weight excluding hydrogens is 342 g/mol. The van der Waals surface area contributed by atoms with Crippen LogP contribution in [-0.4, -0.2) is 39.7 Å². The van der Waals surface area contributed by atoms with Crippen molar-refractivity contribution in [3.05, 3.63) is 20.8 Å². The molecule has 0 bridgehead atoms. The van der Waals surface area contributed by atoms with Gasteiger partial charge in [0.25, 0.3) is 5.56 Å². The number of nitrogens with zero attached hydrogens (tertiary/aromatic N) is 3. The molecule has 0 radical (unpaired) electrons. The minimum atomic E-state index is -0.265. The summed E-state index contributed by atoms with van der Waals surface area (Å²) in [5.74, 6) is 0.0334. The van der Waals surface area contributed by atoms with Crippen molar-refractivity contribution in [3.8, 4) is 0 Å². The Morgan fingerprint density at radius 2 is 2.17 bits per heavy atom. The summed E-state index contributed by atoms with van der Waals surface area (Å²) in [4.78, 5) is 33.7. The maximum absolute atomic E-state index is 13.1. The number of thioether (sulfide) groups is 1. The quantitative estimate of drug-likeness (QED) is 0.604. The first kappa shape index (κ1) is 17.5. The summed E-state index contributed by atoms with van der Waals surface area (Å²) in [6, 6.07) is 0. The molecule has 0 aromatic carbocycles. The molecule has 1 atom stereocenters. The number of hydrogen-bond acceptors (Lipinski definition) is 5. The van der Waals surface area contributed by atoms with Gasteiger partial charge in [0.15, 0.2) is 5.16 Å². The molecule has 0 fully saturated rings. The van der Waals surface area contributed by atoms with Crippen molar-refractivity contribution in [2.45, 2.75) is 56.5 Å². The number of fused-ring (bicyclic) bond motifs is 3. The van der Waals surface area contributed by atoms with Gasteiger partial charge in [-0.15, -0.1) is 11.3 Å². The van der Waals surface area contributed by atoms with Gasteiger partial charge in [-0.1, -0.05) is 18.7 Å². The van der Waals surface area contributed by atoms with E-state index in [2.05, 4.69) is 6.92 Å². The van der Waals surface area contributed by atoms with Crippen molar-refractivity contribution in [2.75, 3.05) is 14.1 Å². The van der Waals surface area contributed by atoms with Gasteiger partial charge in [-0.3, -0.25) is 14.2 Å². The van der Waals surface area contributed by atoms with Crippen LogP contribution < -0.4 is 5.56 Å². The molecule has 0 N–H and O–H groups in total. The molecule has 7 heteroatoms. The summed E-state index contributed by atoms with van der Waals surface area (Å²) >= 11 is 3.03. The Morgan fingerprint density at radius 1 is 1.42 bits per heavy atom. The monoisotopic (exact) mass is 365 g/mol. The molecular formula is C17H23N3O2S2. The minimum Gasteiger partial charge on any atom is -0.348 e. The van der Waals surface area contributed by atoms with Gasteiger partial charge < -0.3 is 4.90 Å². The number of rotatable bonds is 5. The Hall–Kier alpha value is -1.34. The summed E-state index contributed by atoms with van der Waals surface area (Å²) in [7, 11) is 3.50. The fourth-order valence-corrected chi connectivity index (χ4v) is 5.52. The van der Waals surface area contributed by atoms with Gasteiger partial charge in [0.1, 0.15) is 4.83 Å². The van der Waals surface area contributed by atoms with E-state index in [0.29, 0.717) is 11.7 Å². The van der Waals surface area contributed by atoms with Crippen LogP contribution in [0.1, 0.15) is 37.1 Å². The molecule has 1 amide bonds. The lowest BCUT2D eigenvalue weighted by Gasteiger charge is -2.18. The third kappa shape index (κ3) is 2.99. The van der Waals surface area contributed by atoms with Crippen LogP contribution in [0.3, 0.4) is 0 Å². The van der Waals surface area contributed by atoms with Crippen molar-refractivity contribution in [1.29, 1.82) is 0 Å².